The Kier molecular flexibility index (Phi) is 7.87. The molecule has 2 N–H and O–H groups in total. The summed E-state index contributed by atoms with van der Waals surface area (Å²) >= 11 is 0. The molecule has 0 aromatic carbocycles. The minimum absolute atomic E-state index is 0.284. The van der Waals surface area contributed by atoms with E-state index in [2.05, 4.69) is 29.5 Å². The van der Waals surface area contributed by atoms with Crippen molar-refractivity contribution in [1.82, 2.24) is 10.6 Å². The number of nitrogens with one attached hydrogen (secondary N) is 2. The molecule has 0 amide bonds. The molecule has 1 aliphatic carbocycles. The maximum Gasteiger partial charge on any atom is 0.191 e. The van der Waals surface area contributed by atoms with E-state index in [1.165, 1.54) is 32.1 Å². The third-order valence-corrected chi connectivity index (χ3v) is 4.13. The van der Waals surface area contributed by atoms with Gasteiger partial charge in [0.25, 0.3) is 0 Å². The number of hydrogen-bond donors (Lipinski definition) is 2. The lowest BCUT2D eigenvalue weighted by molar-refractivity contribution is 0.178. The average molecular weight is 269 g/mol. The molecule has 19 heavy (non-hydrogen) atoms. The number of guanidine groups is 1. The van der Waals surface area contributed by atoms with Crippen molar-refractivity contribution < 1.29 is 4.74 Å². The molecule has 1 unspecified atom stereocenters. The molecule has 0 saturated heterocycles. The zero-order valence-electron chi connectivity index (χ0n) is 13.0. The number of hydrogen-bond acceptors (Lipinski definition) is 2. The van der Waals surface area contributed by atoms with Crippen LogP contribution in [-0.4, -0.2) is 39.3 Å². The zero-order chi connectivity index (χ0) is 14.1. The quantitative estimate of drug-likeness (QED) is 0.575. The summed E-state index contributed by atoms with van der Waals surface area (Å²) in [5.74, 6) is 2.66. The van der Waals surface area contributed by atoms with Crippen molar-refractivity contribution in [3.8, 4) is 0 Å². The van der Waals surface area contributed by atoms with Crippen LogP contribution in [-0.2, 0) is 4.74 Å². The van der Waals surface area contributed by atoms with E-state index in [-0.39, 0.29) is 6.04 Å². The van der Waals surface area contributed by atoms with Crippen LogP contribution < -0.4 is 10.6 Å². The van der Waals surface area contributed by atoms with Crippen LogP contribution in [0.4, 0.5) is 0 Å². The third-order valence-electron chi connectivity index (χ3n) is 4.13. The van der Waals surface area contributed by atoms with Crippen LogP contribution in [0.25, 0.3) is 0 Å². The van der Waals surface area contributed by atoms with Crippen molar-refractivity contribution in [1.29, 1.82) is 0 Å². The highest BCUT2D eigenvalue weighted by atomic mass is 16.5. The Balaban J connectivity index is 2.23. The van der Waals surface area contributed by atoms with Gasteiger partial charge in [-0.05, 0) is 31.6 Å². The Bertz CT molecular complexity index is 260. The molecule has 1 rings (SSSR count). The van der Waals surface area contributed by atoms with Crippen LogP contribution in [0.1, 0.15) is 46.0 Å². The van der Waals surface area contributed by atoms with E-state index in [0.29, 0.717) is 6.61 Å². The van der Waals surface area contributed by atoms with Crippen LogP contribution in [0, 0.1) is 11.8 Å². The van der Waals surface area contributed by atoms with E-state index in [9.17, 15) is 0 Å². The maximum absolute atomic E-state index is 5.12. The van der Waals surface area contributed by atoms with Crippen LogP contribution in [0.5, 0.6) is 0 Å². The predicted octanol–water partition coefficient (Wildman–Crippen LogP) is 2.40. The molecule has 1 aliphatic rings. The first-order valence-electron chi connectivity index (χ1n) is 7.65. The highest BCUT2D eigenvalue weighted by molar-refractivity contribution is 5.79. The van der Waals surface area contributed by atoms with Gasteiger partial charge in [0.2, 0.25) is 0 Å². The molecule has 1 saturated carbocycles. The SMILES string of the molecule is CCC1CCC(CNC(=NC)NC(C)COC)CC1. The smallest absolute Gasteiger partial charge is 0.191 e. The minimum Gasteiger partial charge on any atom is -0.383 e. The molecule has 0 aromatic heterocycles. The van der Waals surface area contributed by atoms with Gasteiger partial charge in [0.15, 0.2) is 5.96 Å². The fourth-order valence-electron chi connectivity index (χ4n) is 2.80. The van der Waals surface area contributed by atoms with E-state index >= 15 is 0 Å². The summed E-state index contributed by atoms with van der Waals surface area (Å²) in [6.07, 6.45) is 6.86. The molecule has 0 heterocycles. The zero-order valence-corrected chi connectivity index (χ0v) is 13.0. The fourth-order valence-corrected chi connectivity index (χ4v) is 2.80. The highest BCUT2D eigenvalue weighted by Crippen LogP contribution is 2.29. The summed E-state index contributed by atoms with van der Waals surface area (Å²) in [5, 5.41) is 6.79. The third kappa shape index (κ3) is 6.28. The summed E-state index contributed by atoms with van der Waals surface area (Å²) in [4.78, 5) is 4.26. The number of ether oxygens (including phenoxy) is 1. The Labute approximate surface area is 118 Å². The van der Waals surface area contributed by atoms with Gasteiger partial charge in [0, 0.05) is 26.7 Å². The Morgan fingerprint density at radius 2 is 1.89 bits per heavy atom. The van der Waals surface area contributed by atoms with Crippen molar-refractivity contribution in [2.24, 2.45) is 16.8 Å². The first-order valence-corrected chi connectivity index (χ1v) is 7.65. The highest BCUT2D eigenvalue weighted by Gasteiger charge is 2.20. The summed E-state index contributed by atoms with van der Waals surface area (Å²) in [6.45, 7) is 6.15. The molecule has 4 nitrogen and oxygen atoms in total. The van der Waals surface area contributed by atoms with Crippen molar-refractivity contribution in [3.63, 3.8) is 0 Å². The first-order chi connectivity index (χ1) is 9.19. The Morgan fingerprint density at radius 1 is 1.26 bits per heavy atom. The van der Waals surface area contributed by atoms with E-state index < -0.39 is 0 Å². The van der Waals surface area contributed by atoms with E-state index in [1.54, 1.807) is 7.11 Å². The van der Waals surface area contributed by atoms with E-state index in [1.807, 2.05) is 7.05 Å². The van der Waals surface area contributed by atoms with Gasteiger partial charge in [-0.2, -0.15) is 0 Å². The van der Waals surface area contributed by atoms with Gasteiger partial charge >= 0.3 is 0 Å². The van der Waals surface area contributed by atoms with Crippen molar-refractivity contribution >= 4 is 5.96 Å². The number of rotatable bonds is 6. The average Bonchev–Trinajstić information content (AvgIpc) is 2.44. The molecule has 4 heteroatoms. The van der Waals surface area contributed by atoms with Gasteiger partial charge in [-0.25, -0.2) is 0 Å². The van der Waals surface area contributed by atoms with Gasteiger partial charge in [-0.15, -0.1) is 0 Å². The summed E-state index contributed by atoms with van der Waals surface area (Å²) in [5.41, 5.74) is 0. The Morgan fingerprint density at radius 3 is 2.42 bits per heavy atom. The lowest BCUT2D eigenvalue weighted by Gasteiger charge is -2.28. The lowest BCUT2D eigenvalue weighted by Crippen LogP contribution is -2.45. The fraction of sp³-hybridized carbons (Fsp3) is 0.933. The second-order valence-corrected chi connectivity index (χ2v) is 5.75. The number of nitrogens with zero attached hydrogens (tertiary/aromatic N) is 1. The molecule has 0 aromatic rings. The van der Waals surface area contributed by atoms with Crippen LogP contribution >= 0.6 is 0 Å². The van der Waals surface area contributed by atoms with Gasteiger partial charge in [0.05, 0.1) is 6.61 Å². The largest absolute Gasteiger partial charge is 0.383 e. The van der Waals surface area contributed by atoms with Gasteiger partial charge in [-0.1, -0.05) is 26.2 Å². The van der Waals surface area contributed by atoms with Crippen molar-refractivity contribution in [2.45, 2.75) is 52.0 Å². The summed E-state index contributed by atoms with van der Waals surface area (Å²) < 4.78 is 5.12. The molecule has 0 bridgehead atoms. The lowest BCUT2D eigenvalue weighted by atomic mass is 9.81. The molecule has 1 atom stereocenters. The Hall–Kier alpha value is -0.770. The summed E-state index contributed by atoms with van der Waals surface area (Å²) in [6, 6.07) is 0.284. The summed E-state index contributed by atoms with van der Waals surface area (Å²) in [7, 11) is 3.55. The van der Waals surface area contributed by atoms with Crippen molar-refractivity contribution in [2.75, 3.05) is 27.3 Å². The molecule has 0 spiro atoms. The molecule has 112 valence electrons. The molecular weight excluding hydrogens is 238 g/mol. The second-order valence-electron chi connectivity index (χ2n) is 5.75. The molecular formula is C15H31N3O. The van der Waals surface area contributed by atoms with Crippen LogP contribution in [0.15, 0.2) is 4.99 Å². The monoisotopic (exact) mass is 269 g/mol. The van der Waals surface area contributed by atoms with Gasteiger partial charge in [-0.3, -0.25) is 4.99 Å². The topological polar surface area (TPSA) is 45.7 Å². The van der Waals surface area contributed by atoms with Gasteiger partial charge in [0.1, 0.15) is 0 Å². The second kappa shape index (κ2) is 9.18. The van der Waals surface area contributed by atoms with Crippen LogP contribution in [0.2, 0.25) is 0 Å². The predicted molar refractivity (Wildman–Crippen MR) is 81.6 cm³/mol. The minimum atomic E-state index is 0.284. The first kappa shape index (κ1) is 16.3. The number of methoxy groups -OCH3 is 1. The molecule has 0 aliphatic heterocycles. The normalized spacial score (nSPS) is 26.0. The van der Waals surface area contributed by atoms with Crippen LogP contribution in [0.3, 0.4) is 0 Å². The van der Waals surface area contributed by atoms with Crippen molar-refractivity contribution in [3.05, 3.63) is 0 Å². The molecule has 1 fully saturated rings. The van der Waals surface area contributed by atoms with Gasteiger partial charge < -0.3 is 15.4 Å². The van der Waals surface area contributed by atoms with E-state index in [4.69, 9.17) is 4.74 Å². The van der Waals surface area contributed by atoms with E-state index in [0.717, 1.165) is 24.3 Å². The number of aliphatic imine (C=N–C) groups is 1. The standard InChI is InChI=1S/C15H31N3O/c1-5-13-6-8-14(9-7-13)10-17-15(16-3)18-12(2)11-19-4/h12-14H,5-11H2,1-4H3,(H2,16,17,18). The maximum atomic E-state index is 5.12. The molecule has 0 radical (unpaired) electrons.